The van der Waals surface area contributed by atoms with Crippen molar-refractivity contribution in [3.63, 3.8) is 0 Å². The summed E-state index contributed by atoms with van der Waals surface area (Å²) in [5, 5.41) is 11.6. The standard InChI is InChI=1S/C10H18N4O/c1-3-15-8(2)7-14-10-4-5-11-6-9(10)12-13-14/h8,11H,3-7H2,1-2H3. The lowest BCUT2D eigenvalue weighted by Gasteiger charge is -2.16. The highest BCUT2D eigenvalue weighted by Gasteiger charge is 2.17. The van der Waals surface area contributed by atoms with Gasteiger partial charge in [-0.05, 0) is 13.8 Å². The fourth-order valence-corrected chi connectivity index (χ4v) is 1.92. The van der Waals surface area contributed by atoms with Crippen LogP contribution >= 0.6 is 0 Å². The summed E-state index contributed by atoms with van der Waals surface area (Å²) in [5.74, 6) is 0. The highest BCUT2D eigenvalue weighted by atomic mass is 16.5. The largest absolute Gasteiger partial charge is 0.377 e. The molecule has 0 aromatic carbocycles. The SMILES string of the molecule is CCOC(C)Cn1nnc2c1CCNC2. The Morgan fingerprint density at radius 1 is 1.60 bits per heavy atom. The van der Waals surface area contributed by atoms with Crippen LogP contribution in [0.1, 0.15) is 25.2 Å². The van der Waals surface area contributed by atoms with Crippen molar-refractivity contribution in [1.29, 1.82) is 0 Å². The van der Waals surface area contributed by atoms with E-state index >= 15 is 0 Å². The van der Waals surface area contributed by atoms with E-state index in [1.807, 2.05) is 11.6 Å². The van der Waals surface area contributed by atoms with Crippen LogP contribution in [0, 0.1) is 0 Å². The Balaban J connectivity index is 2.05. The van der Waals surface area contributed by atoms with Crippen molar-refractivity contribution in [1.82, 2.24) is 20.3 Å². The molecule has 0 amide bonds. The smallest absolute Gasteiger partial charge is 0.0997 e. The van der Waals surface area contributed by atoms with Crippen molar-refractivity contribution in [3.8, 4) is 0 Å². The summed E-state index contributed by atoms with van der Waals surface area (Å²) < 4.78 is 7.48. The molecule has 2 heterocycles. The number of aromatic nitrogens is 3. The van der Waals surface area contributed by atoms with Gasteiger partial charge in [0, 0.05) is 26.1 Å². The van der Waals surface area contributed by atoms with Gasteiger partial charge in [-0.25, -0.2) is 4.68 Å². The van der Waals surface area contributed by atoms with Gasteiger partial charge in [-0.2, -0.15) is 0 Å². The summed E-state index contributed by atoms with van der Waals surface area (Å²) in [6.07, 6.45) is 1.22. The van der Waals surface area contributed by atoms with Crippen molar-refractivity contribution in [2.75, 3.05) is 13.2 Å². The first kappa shape index (κ1) is 10.6. The van der Waals surface area contributed by atoms with Gasteiger partial charge in [0.25, 0.3) is 0 Å². The number of nitrogens with one attached hydrogen (secondary N) is 1. The molecule has 1 atom stereocenters. The zero-order chi connectivity index (χ0) is 10.7. The fourth-order valence-electron chi connectivity index (χ4n) is 1.92. The Labute approximate surface area is 89.8 Å². The van der Waals surface area contributed by atoms with E-state index < -0.39 is 0 Å². The molecule has 15 heavy (non-hydrogen) atoms. The van der Waals surface area contributed by atoms with Gasteiger partial charge < -0.3 is 10.1 Å². The topological polar surface area (TPSA) is 52.0 Å². The monoisotopic (exact) mass is 210 g/mol. The maximum atomic E-state index is 5.50. The molecule has 1 aliphatic rings. The normalized spacial score (nSPS) is 17.5. The van der Waals surface area contributed by atoms with E-state index in [1.54, 1.807) is 0 Å². The molecule has 1 aromatic heterocycles. The van der Waals surface area contributed by atoms with Crippen LogP contribution < -0.4 is 5.32 Å². The summed E-state index contributed by atoms with van der Waals surface area (Å²) >= 11 is 0. The van der Waals surface area contributed by atoms with Crippen LogP contribution in [0.3, 0.4) is 0 Å². The van der Waals surface area contributed by atoms with Crippen molar-refractivity contribution < 1.29 is 4.74 Å². The van der Waals surface area contributed by atoms with Gasteiger partial charge in [0.2, 0.25) is 0 Å². The van der Waals surface area contributed by atoms with Crippen LogP contribution in [0.25, 0.3) is 0 Å². The minimum Gasteiger partial charge on any atom is -0.377 e. The Morgan fingerprint density at radius 3 is 3.27 bits per heavy atom. The summed E-state index contributed by atoms with van der Waals surface area (Å²) in [5.41, 5.74) is 2.35. The number of rotatable bonds is 4. The Kier molecular flexibility index (Phi) is 3.33. The van der Waals surface area contributed by atoms with E-state index in [1.165, 1.54) is 5.69 Å². The molecule has 5 heteroatoms. The van der Waals surface area contributed by atoms with Crippen LogP contribution in [0.2, 0.25) is 0 Å². The van der Waals surface area contributed by atoms with Crippen molar-refractivity contribution in [3.05, 3.63) is 11.4 Å². The van der Waals surface area contributed by atoms with Crippen LogP contribution in [0.4, 0.5) is 0 Å². The molecule has 0 spiro atoms. The van der Waals surface area contributed by atoms with E-state index in [-0.39, 0.29) is 6.10 Å². The second kappa shape index (κ2) is 4.72. The first-order valence-corrected chi connectivity index (χ1v) is 5.54. The maximum absolute atomic E-state index is 5.50. The molecule has 2 rings (SSSR count). The van der Waals surface area contributed by atoms with Gasteiger partial charge in [-0.1, -0.05) is 5.21 Å². The molecule has 1 N–H and O–H groups in total. The molecule has 1 aromatic rings. The number of fused-ring (bicyclic) bond motifs is 1. The molecule has 0 fully saturated rings. The molecule has 1 unspecified atom stereocenters. The predicted octanol–water partition coefficient (Wildman–Crippen LogP) is 0.349. The highest BCUT2D eigenvalue weighted by molar-refractivity contribution is 5.13. The van der Waals surface area contributed by atoms with E-state index in [9.17, 15) is 0 Å². The minimum atomic E-state index is 0.204. The summed E-state index contributed by atoms with van der Waals surface area (Å²) in [4.78, 5) is 0. The molecule has 0 aliphatic carbocycles. The summed E-state index contributed by atoms with van der Waals surface area (Å²) in [6, 6.07) is 0. The van der Waals surface area contributed by atoms with E-state index in [0.717, 1.165) is 38.4 Å². The van der Waals surface area contributed by atoms with Crippen LogP contribution in [-0.4, -0.2) is 34.2 Å². The molecule has 1 aliphatic heterocycles. The fraction of sp³-hybridized carbons (Fsp3) is 0.800. The van der Waals surface area contributed by atoms with Gasteiger partial charge in [0.05, 0.1) is 24.0 Å². The summed E-state index contributed by atoms with van der Waals surface area (Å²) in [7, 11) is 0. The summed E-state index contributed by atoms with van der Waals surface area (Å²) in [6.45, 7) is 7.49. The second-order valence-electron chi connectivity index (χ2n) is 3.86. The lowest BCUT2D eigenvalue weighted by Crippen LogP contribution is -2.26. The average Bonchev–Trinajstić information content (AvgIpc) is 2.62. The quantitative estimate of drug-likeness (QED) is 0.779. The zero-order valence-corrected chi connectivity index (χ0v) is 9.36. The van der Waals surface area contributed by atoms with E-state index in [0.29, 0.717) is 0 Å². The maximum Gasteiger partial charge on any atom is 0.0997 e. The van der Waals surface area contributed by atoms with E-state index in [4.69, 9.17) is 4.74 Å². The van der Waals surface area contributed by atoms with Gasteiger partial charge in [0.1, 0.15) is 0 Å². The van der Waals surface area contributed by atoms with Crippen molar-refractivity contribution in [2.24, 2.45) is 0 Å². The second-order valence-corrected chi connectivity index (χ2v) is 3.86. The Bertz CT molecular complexity index is 323. The van der Waals surface area contributed by atoms with Gasteiger partial charge in [-0.15, -0.1) is 5.10 Å². The molecule has 0 bridgehead atoms. The molecule has 5 nitrogen and oxygen atoms in total. The Morgan fingerprint density at radius 2 is 2.47 bits per heavy atom. The third-order valence-corrected chi connectivity index (χ3v) is 2.63. The van der Waals surface area contributed by atoms with Crippen molar-refractivity contribution in [2.45, 2.75) is 39.5 Å². The predicted molar refractivity (Wildman–Crippen MR) is 56.5 cm³/mol. The molecule has 84 valence electrons. The van der Waals surface area contributed by atoms with Crippen LogP contribution in [-0.2, 0) is 24.2 Å². The first-order chi connectivity index (χ1) is 7.31. The lowest BCUT2D eigenvalue weighted by molar-refractivity contribution is 0.0603. The van der Waals surface area contributed by atoms with Gasteiger partial charge >= 0.3 is 0 Å². The van der Waals surface area contributed by atoms with Crippen LogP contribution in [0.5, 0.6) is 0 Å². The van der Waals surface area contributed by atoms with Gasteiger partial charge in [-0.3, -0.25) is 0 Å². The molecule has 0 saturated carbocycles. The van der Waals surface area contributed by atoms with E-state index in [2.05, 4.69) is 22.6 Å². The molecular formula is C10H18N4O. The number of nitrogens with zero attached hydrogens (tertiary/aromatic N) is 3. The zero-order valence-electron chi connectivity index (χ0n) is 9.36. The third kappa shape index (κ3) is 2.35. The van der Waals surface area contributed by atoms with Crippen LogP contribution in [0.15, 0.2) is 0 Å². The van der Waals surface area contributed by atoms with Gasteiger partial charge in [0.15, 0.2) is 0 Å². The van der Waals surface area contributed by atoms with Crippen molar-refractivity contribution >= 4 is 0 Å². The minimum absolute atomic E-state index is 0.204. The third-order valence-electron chi connectivity index (χ3n) is 2.63. The molecule has 0 radical (unpaired) electrons. The number of ether oxygens (including phenoxy) is 1. The lowest BCUT2D eigenvalue weighted by atomic mass is 10.2. The molecular weight excluding hydrogens is 192 g/mol. The first-order valence-electron chi connectivity index (χ1n) is 5.54. The number of hydrogen-bond acceptors (Lipinski definition) is 4. The highest BCUT2D eigenvalue weighted by Crippen LogP contribution is 2.11. The molecule has 0 saturated heterocycles. The Hall–Kier alpha value is -0.940. The number of hydrogen-bond donors (Lipinski definition) is 1. The average molecular weight is 210 g/mol.